The van der Waals surface area contributed by atoms with Crippen molar-refractivity contribution in [2.24, 2.45) is 11.5 Å². The second-order valence-electron chi connectivity index (χ2n) is 4.99. The highest BCUT2D eigenvalue weighted by Crippen LogP contribution is 2.28. The number of para-hydroxylation sites is 1. The Morgan fingerprint density at radius 2 is 2.00 bits per heavy atom. The molecule has 0 aliphatic heterocycles. The molecule has 1 aromatic carbocycles. The molecule has 1 unspecified atom stereocenters. The second-order valence-corrected chi connectivity index (χ2v) is 4.99. The third-order valence-electron chi connectivity index (χ3n) is 2.66. The van der Waals surface area contributed by atoms with Gasteiger partial charge in [0.25, 0.3) is 0 Å². The molecular formula is C13H18N2O. The first-order valence-electron chi connectivity index (χ1n) is 5.48. The summed E-state index contributed by atoms with van der Waals surface area (Å²) in [6, 6.07) is 7.83. The Balaban J connectivity index is 2.33. The Kier molecular flexibility index (Phi) is 2.74. The van der Waals surface area contributed by atoms with E-state index in [1.165, 1.54) is 0 Å². The summed E-state index contributed by atoms with van der Waals surface area (Å²) in [4.78, 5) is 0. The smallest absolute Gasteiger partial charge is 0.134 e. The molecule has 1 aromatic heterocycles. The third-order valence-corrected chi connectivity index (χ3v) is 2.66. The molecule has 0 amide bonds. The van der Waals surface area contributed by atoms with Crippen LogP contribution < -0.4 is 11.5 Å². The normalized spacial score (nSPS) is 14.2. The quantitative estimate of drug-likeness (QED) is 0.832. The SMILES string of the molecule is CC(C)(N)CC(N)c1coc2ccccc12. The van der Waals surface area contributed by atoms with Crippen molar-refractivity contribution >= 4 is 11.0 Å². The number of furan rings is 1. The molecule has 3 heteroatoms. The first kappa shape index (κ1) is 11.2. The minimum Gasteiger partial charge on any atom is -0.464 e. The van der Waals surface area contributed by atoms with Gasteiger partial charge in [-0.2, -0.15) is 0 Å². The lowest BCUT2D eigenvalue weighted by Crippen LogP contribution is -2.35. The maximum Gasteiger partial charge on any atom is 0.134 e. The molecule has 0 bridgehead atoms. The zero-order valence-electron chi connectivity index (χ0n) is 9.73. The average molecular weight is 218 g/mol. The van der Waals surface area contributed by atoms with Gasteiger partial charge in [0.1, 0.15) is 5.58 Å². The van der Waals surface area contributed by atoms with Crippen molar-refractivity contribution < 1.29 is 4.42 Å². The van der Waals surface area contributed by atoms with Crippen LogP contribution in [0.1, 0.15) is 31.9 Å². The highest BCUT2D eigenvalue weighted by atomic mass is 16.3. The molecule has 0 aliphatic carbocycles. The van der Waals surface area contributed by atoms with E-state index in [0.717, 1.165) is 23.0 Å². The van der Waals surface area contributed by atoms with E-state index < -0.39 is 0 Å². The van der Waals surface area contributed by atoms with E-state index in [0.29, 0.717) is 0 Å². The van der Waals surface area contributed by atoms with Crippen LogP contribution in [0.5, 0.6) is 0 Å². The Morgan fingerprint density at radius 1 is 1.31 bits per heavy atom. The number of hydrogen-bond donors (Lipinski definition) is 2. The van der Waals surface area contributed by atoms with Gasteiger partial charge in [0, 0.05) is 22.5 Å². The molecule has 0 spiro atoms. The zero-order valence-corrected chi connectivity index (χ0v) is 9.73. The maximum absolute atomic E-state index is 6.15. The van der Waals surface area contributed by atoms with Crippen LogP contribution in [0.25, 0.3) is 11.0 Å². The van der Waals surface area contributed by atoms with E-state index in [1.54, 1.807) is 6.26 Å². The van der Waals surface area contributed by atoms with Crippen LogP contribution in [-0.4, -0.2) is 5.54 Å². The fraction of sp³-hybridized carbons (Fsp3) is 0.385. The number of hydrogen-bond acceptors (Lipinski definition) is 3. The maximum atomic E-state index is 6.15. The van der Waals surface area contributed by atoms with Crippen molar-refractivity contribution in [1.82, 2.24) is 0 Å². The molecule has 0 aliphatic rings. The summed E-state index contributed by atoms with van der Waals surface area (Å²) < 4.78 is 5.46. The van der Waals surface area contributed by atoms with Crippen LogP contribution in [0.15, 0.2) is 34.9 Å². The van der Waals surface area contributed by atoms with Crippen LogP contribution >= 0.6 is 0 Å². The molecule has 1 atom stereocenters. The molecular weight excluding hydrogens is 200 g/mol. The predicted octanol–water partition coefficient (Wildman–Crippen LogP) is 2.56. The average Bonchev–Trinajstić information content (AvgIpc) is 2.58. The molecule has 0 saturated carbocycles. The first-order valence-corrected chi connectivity index (χ1v) is 5.48. The van der Waals surface area contributed by atoms with Gasteiger partial charge in [-0.3, -0.25) is 0 Å². The molecule has 3 nitrogen and oxygen atoms in total. The summed E-state index contributed by atoms with van der Waals surface area (Å²) >= 11 is 0. The summed E-state index contributed by atoms with van der Waals surface area (Å²) in [5.41, 5.74) is 13.8. The monoisotopic (exact) mass is 218 g/mol. The van der Waals surface area contributed by atoms with Crippen LogP contribution in [0, 0.1) is 0 Å². The summed E-state index contributed by atoms with van der Waals surface area (Å²) in [7, 11) is 0. The van der Waals surface area contributed by atoms with Gasteiger partial charge in [-0.05, 0) is 26.3 Å². The molecule has 2 aromatic rings. The van der Waals surface area contributed by atoms with Gasteiger partial charge in [0.15, 0.2) is 0 Å². The highest BCUT2D eigenvalue weighted by molar-refractivity contribution is 5.81. The van der Waals surface area contributed by atoms with Gasteiger partial charge in [0.2, 0.25) is 0 Å². The van der Waals surface area contributed by atoms with Crippen molar-refractivity contribution in [3.8, 4) is 0 Å². The van der Waals surface area contributed by atoms with E-state index in [2.05, 4.69) is 0 Å². The van der Waals surface area contributed by atoms with Crippen molar-refractivity contribution in [2.75, 3.05) is 0 Å². The Morgan fingerprint density at radius 3 is 2.69 bits per heavy atom. The Hall–Kier alpha value is -1.32. The summed E-state index contributed by atoms with van der Waals surface area (Å²) in [5.74, 6) is 0. The molecule has 86 valence electrons. The number of rotatable bonds is 3. The minimum absolute atomic E-state index is 0.0800. The molecule has 0 radical (unpaired) electrons. The van der Waals surface area contributed by atoms with Crippen molar-refractivity contribution in [3.63, 3.8) is 0 Å². The lowest BCUT2D eigenvalue weighted by atomic mass is 9.92. The standard InChI is InChI=1S/C13H18N2O/c1-13(2,15)7-11(14)10-8-16-12-6-4-3-5-9(10)12/h3-6,8,11H,7,14-15H2,1-2H3. The van der Waals surface area contributed by atoms with E-state index in [-0.39, 0.29) is 11.6 Å². The highest BCUT2D eigenvalue weighted by Gasteiger charge is 2.20. The van der Waals surface area contributed by atoms with Crippen LogP contribution in [0.4, 0.5) is 0 Å². The zero-order chi connectivity index (χ0) is 11.8. The molecule has 1 heterocycles. The van der Waals surface area contributed by atoms with Gasteiger partial charge < -0.3 is 15.9 Å². The molecule has 0 fully saturated rings. The first-order chi connectivity index (χ1) is 7.47. The lowest BCUT2D eigenvalue weighted by Gasteiger charge is -2.22. The molecule has 16 heavy (non-hydrogen) atoms. The Bertz CT molecular complexity index is 482. The summed E-state index contributed by atoms with van der Waals surface area (Å²) in [6.07, 6.45) is 2.47. The molecule has 2 rings (SSSR count). The summed E-state index contributed by atoms with van der Waals surface area (Å²) in [6.45, 7) is 3.96. The fourth-order valence-electron chi connectivity index (χ4n) is 1.96. The predicted molar refractivity (Wildman–Crippen MR) is 66.0 cm³/mol. The van der Waals surface area contributed by atoms with Gasteiger partial charge in [-0.25, -0.2) is 0 Å². The van der Waals surface area contributed by atoms with E-state index in [4.69, 9.17) is 15.9 Å². The lowest BCUT2D eigenvalue weighted by molar-refractivity contribution is 0.428. The Labute approximate surface area is 95.4 Å². The van der Waals surface area contributed by atoms with Crippen molar-refractivity contribution in [2.45, 2.75) is 31.8 Å². The van der Waals surface area contributed by atoms with Gasteiger partial charge in [-0.1, -0.05) is 18.2 Å². The van der Waals surface area contributed by atoms with Gasteiger partial charge in [-0.15, -0.1) is 0 Å². The fourth-order valence-corrected chi connectivity index (χ4v) is 1.96. The van der Waals surface area contributed by atoms with Crippen LogP contribution in [0.3, 0.4) is 0 Å². The van der Waals surface area contributed by atoms with E-state index in [1.807, 2.05) is 38.1 Å². The van der Waals surface area contributed by atoms with E-state index in [9.17, 15) is 0 Å². The van der Waals surface area contributed by atoms with Gasteiger partial charge >= 0.3 is 0 Å². The topological polar surface area (TPSA) is 65.2 Å². The molecule has 0 saturated heterocycles. The molecule has 4 N–H and O–H groups in total. The van der Waals surface area contributed by atoms with E-state index >= 15 is 0 Å². The minimum atomic E-state index is -0.266. The number of nitrogens with two attached hydrogens (primary N) is 2. The number of fused-ring (bicyclic) bond motifs is 1. The van der Waals surface area contributed by atoms with Crippen LogP contribution in [-0.2, 0) is 0 Å². The van der Waals surface area contributed by atoms with Gasteiger partial charge in [0.05, 0.1) is 6.26 Å². The van der Waals surface area contributed by atoms with Crippen molar-refractivity contribution in [1.29, 1.82) is 0 Å². The van der Waals surface area contributed by atoms with Crippen LogP contribution in [0.2, 0.25) is 0 Å². The second kappa shape index (κ2) is 3.92. The third kappa shape index (κ3) is 2.26. The summed E-state index contributed by atoms with van der Waals surface area (Å²) in [5, 5.41) is 1.08. The van der Waals surface area contributed by atoms with Crippen molar-refractivity contribution in [3.05, 3.63) is 36.1 Å². The number of benzene rings is 1. The largest absolute Gasteiger partial charge is 0.464 e.